The minimum Gasteiger partial charge on any atom is -0.352 e. The van der Waals surface area contributed by atoms with E-state index in [2.05, 4.69) is 42.5 Å². The van der Waals surface area contributed by atoms with Crippen molar-refractivity contribution >= 4 is 41.4 Å². The van der Waals surface area contributed by atoms with Crippen molar-refractivity contribution in [1.82, 2.24) is 47.4 Å². The normalized spacial score (nSPS) is 19.3. The molecule has 0 aromatic heterocycles. The number of rotatable bonds is 19. The molecule has 1 aromatic rings. The van der Waals surface area contributed by atoms with Crippen LogP contribution in [0.25, 0.3) is 0 Å². The molecule has 0 aliphatic carbocycles. The summed E-state index contributed by atoms with van der Waals surface area (Å²) < 4.78 is 0. The molecule has 1 saturated heterocycles. The Morgan fingerprint density at radius 3 is 1.71 bits per heavy atom. The van der Waals surface area contributed by atoms with Crippen LogP contribution in [-0.2, 0) is 33.6 Å². The van der Waals surface area contributed by atoms with E-state index in [1.165, 1.54) is 4.90 Å². The van der Waals surface area contributed by atoms with E-state index in [1.54, 1.807) is 27.9 Å². The van der Waals surface area contributed by atoms with Crippen molar-refractivity contribution in [3.8, 4) is 0 Å². The Hall–Kier alpha value is -4.57. The predicted molar refractivity (Wildman–Crippen MR) is 228 cm³/mol. The Bertz CT molecular complexity index is 1610. The van der Waals surface area contributed by atoms with Gasteiger partial charge >= 0.3 is 0 Å². The molecule has 1 heterocycles. The highest BCUT2D eigenvalue weighted by Gasteiger charge is 2.46. The van der Waals surface area contributed by atoms with Crippen molar-refractivity contribution in [3.63, 3.8) is 0 Å². The fourth-order valence-corrected chi connectivity index (χ4v) is 6.44. The third kappa shape index (κ3) is 15.2. The van der Waals surface area contributed by atoms with Gasteiger partial charge < -0.3 is 47.4 Å². The van der Waals surface area contributed by atoms with E-state index < -0.39 is 82.7 Å². The van der Waals surface area contributed by atoms with E-state index in [0.717, 1.165) is 5.56 Å². The van der Waals surface area contributed by atoms with Crippen LogP contribution in [0.4, 0.5) is 0 Å². The van der Waals surface area contributed by atoms with Gasteiger partial charge in [0.25, 0.3) is 0 Å². The van der Waals surface area contributed by atoms with E-state index in [1.807, 2.05) is 99.6 Å². The minimum absolute atomic E-state index is 0.0100. The van der Waals surface area contributed by atoms with Gasteiger partial charge in [0.15, 0.2) is 0 Å². The van der Waals surface area contributed by atoms with E-state index >= 15 is 0 Å². The number of carbonyl (C=O) groups is 7. The molecule has 1 aliphatic heterocycles. The zero-order valence-corrected chi connectivity index (χ0v) is 37.8. The molecule has 2 rings (SSSR count). The summed E-state index contributed by atoms with van der Waals surface area (Å²) in [7, 11) is 3.25. The van der Waals surface area contributed by atoms with E-state index in [9.17, 15) is 33.6 Å². The molecule has 9 atom stereocenters. The molecule has 8 N–H and O–H groups in total. The van der Waals surface area contributed by atoms with Gasteiger partial charge in [-0.25, -0.2) is 0 Å². The largest absolute Gasteiger partial charge is 0.352 e. The fraction of sp³-hybridized carbons (Fsp3) is 0.698. The first-order valence-electron chi connectivity index (χ1n) is 20.8. The second-order valence-electron chi connectivity index (χ2n) is 18.4. The van der Waals surface area contributed by atoms with Crippen LogP contribution in [0.3, 0.4) is 0 Å². The van der Waals surface area contributed by atoms with Crippen molar-refractivity contribution in [2.75, 3.05) is 20.6 Å². The second-order valence-corrected chi connectivity index (χ2v) is 18.4. The quantitative estimate of drug-likeness (QED) is 0.102. The van der Waals surface area contributed by atoms with Crippen LogP contribution in [0.2, 0.25) is 0 Å². The molecule has 1 aromatic carbocycles. The van der Waals surface area contributed by atoms with Gasteiger partial charge in [0.2, 0.25) is 41.4 Å². The molecule has 16 nitrogen and oxygen atoms in total. The highest BCUT2D eigenvalue weighted by atomic mass is 16.2. The number of likely N-dealkylation sites (N-methyl/N-ethyl adjacent to an activating group) is 2. The average Bonchev–Trinajstić information content (AvgIpc) is 3.59. The van der Waals surface area contributed by atoms with Crippen LogP contribution in [0.15, 0.2) is 30.3 Å². The van der Waals surface area contributed by atoms with Crippen molar-refractivity contribution < 1.29 is 33.6 Å². The van der Waals surface area contributed by atoms with Gasteiger partial charge in [-0.2, -0.15) is 0 Å². The Kier molecular flexibility index (Phi) is 19.0. The molecule has 59 heavy (non-hydrogen) atoms. The maximum Gasteiger partial charge on any atom is 0.246 e. The van der Waals surface area contributed by atoms with Crippen LogP contribution in [-0.4, -0.2) is 115 Å². The summed E-state index contributed by atoms with van der Waals surface area (Å²) in [6.45, 7) is 21.9. The SMILES string of the molecule is CNC(C)C(=O)NC(CCC(=O)NC1CC(C(=O)NC(C)c2ccccc2)N(C(=O)C(NC(=O)C(C)NC)C(C)(C)C)C1)C(=O)NC(C(=O)NC(C)C(C)C)C(C)(C)C. The lowest BCUT2D eigenvalue weighted by Gasteiger charge is -2.36. The number of carbonyl (C=O) groups excluding carboxylic acids is 7. The Morgan fingerprint density at radius 1 is 0.678 bits per heavy atom. The molecule has 0 spiro atoms. The third-order valence-corrected chi connectivity index (χ3v) is 11.0. The number of nitrogens with one attached hydrogen (secondary N) is 8. The molecule has 7 amide bonds. The lowest BCUT2D eigenvalue weighted by molar-refractivity contribution is -0.144. The van der Waals surface area contributed by atoms with Gasteiger partial charge in [-0.1, -0.05) is 85.7 Å². The highest BCUT2D eigenvalue weighted by molar-refractivity contribution is 5.95. The van der Waals surface area contributed by atoms with Gasteiger partial charge in [-0.05, 0) is 76.9 Å². The zero-order chi connectivity index (χ0) is 45.0. The first-order valence-corrected chi connectivity index (χ1v) is 20.8. The number of hydrogen-bond acceptors (Lipinski definition) is 9. The maximum absolute atomic E-state index is 14.4. The Morgan fingerprint density at radius 2 is 1.20 bits per heavy atom. The molecule has 0 bridgehead atoms. The van der Waals surface area contributed by atoms with Crippen molar-refractivity contribution in [2.24, 2.45) is 16.7 Å². The van der Waals surface area contributed by atoms with Gasteiger partial charge in [0.1, 0.15) is 24.2 Å². The van der Waals surface area contributed by atoms with Crippen molar-refractivity contribution in [2.45, 2.75) is 157 Å². The fourth-order valence-electron chi connectivity index (χ4n) is 6.44. The van der Waals surface area contributed by atoms with Crippen LogP contribution in [0, 0.1) is 16.7 Å². The molecular weight excluding hydrogens is 755 g/mol. The summed E-state index contributed by atoms with van der Waals surface area (Å²) in [6, 6.07) is 2.92. The Labute approximate surface area is 351 Å². The molecule has 16 heteroatoms. The number of benzene rings is 1. The van der Waals surface area contributed by atoms with Crippen LogP contribution in [0.5, 0.6) is 0 Å². The maximum atomic E-state index is 14.4. The van der Waals surface area contributed by atoms with Crippen LogP contribution in [0.1, 0.15) is 114 Å². The van der Waals surface area contributed by atoms with Crippen molar-refractivity contribution in [1.29, 1.82) is 0 Å². The summed E-state index contributed by atoms with van der Waals surface area (Å²) in [5.74, 6) is -3.00. The van der Waals surface area contributed by atoms with Gasteiger partial charge in [0, 0.05) is 25.0 Å². The second kappa shape index (κ2) is 22.2. The smallest absolute Gasteiger partial charge is 0.246 e. The minimum atomic E-state index is -1.17. The molecule has 9 unspecified atom stereocenters. The first kappa shape index (κ1) is 50.6. The van der Waals surface area contributed by atoms with Crippen molar-refractivity contribution in [3.05, 3.63) is 35.9 Å². The Balaban J connectivity index is 2.36. The molecule has 0 radical (unpaired) electrons. The lowest BCUT2D eigenvalue weighted by Crippen LogP contribution is -2.60. The monoisotopic (exact) mass is 828 g/mol. The molecule has 332 valence electrons. The summed E-state index contributed by atoms with van der Waals surface area (Å²) in [4.78, 5) is 96.7. The summed E-state index contributed by atoms with van der Waals surface area (Å²) in [6.07, 6.45) is -0.200. The third-order valence-electron chi connectivity index (χ3n) is 11.0. The summed E-state index contributed by atoms with van der Waals surface area (Å²) >= 11 is 0. The summed E-state index contributed by atoms with van der Waals surface area (Å²) in [5.41, 5.74) is -0.546. The molecular formula is C43H73N9O7. The van der Waals surface area contributed by atoms with Gasteiger partial charge in [-0.15, -0.1) is 0 Å². The van der Waals surface area contributed by atoms with Gasteiger partial charge in [-0.3, -0.25) is 33.6 Å². The number of likely N-dealkylation sites (tertiary alicyclic amines) is 1. The molecule has 0 saturated carbocycles. The highest BCUT2D eigenvalue weighted by Crippen LogP contribution is 2.27. The van der Waals surface area contributed by atoms with E-state index in [-0.39, 0.29) is 55.6 Å². The van der Waals surface area contributed by atoms with E-state index in [0.29, 0.717) is 0 Å². The zero-order valence-electron chi connectivity index (χ0n) is 37.8. The standard InChI is InChI=1S/C43H73N9O7/c1-24(2)25(3)46-40(58)34(42(7,8)9)50-38(56)31(49-36(54)27(5)44-13)20-21-33(53)48-30-22-32(39(57)47-26(4)29-18-16-15-17-19-29)52(23-30)41(59)35(43(10,11)12)51-37(55)28(6)45-14/h15-19,24-28,30-32,34-35,44-45H,20-23H2,1-14H3,(H,46,58)(H,47,57)(H,48,53)(H,49,54)(H,50,56)(H,51,55). The van der Waals surface area contributed by atoms with E-state index in [4.69, 9.17) is 0 Å². The lowest BCUT2D eigenvalue weighted by atomic mass is 9.85. The first-order chi connectivity index (χ1) is 27.3. The topological polar surface area (TPSA) is 219 Å². The number of hydrogen-bond donors (Lipinski definition) is 8. The molecule has 1 fully saturated rings. The van der Waals surface area contributed by atoms with Gasteiger partial charge in [0.05, 0.1) is 18.1 Å². The number of nitrogens with zero attached hydrogens (tertiary/aromatic N) is 1. The summed E-state index contributed by atoms with van der Waals surface area (Å²) in [5, 5.41) is 23.1. The van der Waals surface area contributed by atoms with Crippen LogP contribution >= 0.6 is 0 Å². The predicted octanol–water partition coefficient (Wildman–Crippen LogP) is 1.65. The average molecular weight is 828 g/mol. The number of amides is 7. The molecule has 1 aliphatic rings. The van der Waals surface area contributed by atoms with Crippen LogP contribution < -0.4 is 42.5 Å².